The molecular weight excluding hydrogens is 517 g/mol. The summed E-state index contributed by atoms with van der Waals surface area (Å²) in [6, 6.07) is 21.9. The van der Waals surface area contributed by atoms with Crippen LogP contribution in [0.25, 0.3) is 18.2 Å². The van der Waals surface area contributed by atoms with E-state index in [1.54, 1.807) is 0 Å². The molecule has 0 bridgehead atoms. The van der Waals surface area contributed by atoms with Gasteiger partial charge in [-0.15, -0.1) is 0 Å². The zero-order chi connectivity index (χ0) is 27.5. The summed E-state index contributed by atoms with van der Waals surface area (Å²) >= 11 is 0. The Hall–Kier alpha value is -3.19. The summed E-state index contributed by atoms with van der Waals surface area (Å²) in [4.78, 5) is 5.98. The van der Waals surface area contributed by atoms with E-state index in [4.69, 9.17) is 0 Å². The minimum absolute atomic E-state index is 1.03. The molecule has 1 unspecified atom stereocenters. The van der Waals surface area contributed by atoms with Crippen molar-refractivity contribution in [3.8, 4) is 0 Å². The smallest absolute Gasteiger partial charge is 0.169 e. The van der Waals surface area contributed by atoms with Crippen LogP contribution in [0.5, 0.6) is 0 Å². The molecule has 0 saturated carbocycles. The van der Waals surface area contributed by atoms with Crippen LogP contribution in [0.1, 0.15) is 16.7 Å². The Labute approximate surface area is 242 Å². The van der Waals surface area contributed by atoms with Crippen LogP contribution in [0.15, 0.2) is 103 Å². The van der Waals surface area contributed by atoms with Gasteiger partial charge in [0.2, 0.25) is 0 Å². The summed E-state index contributed by atoms with van der Waals surface area (Å²) < 4.78 is 2.05. The van der Waals surface area contributed by atoms with Gasteiger partial charge >= 0.3 is 0 Å². The largest absolute Gasteiger partial charge is 0.374 e. The minimum Gasteiger partial charge on any atom is -0.374 e. The number of rotatable bonds is 13. The van der Waals surface area contributed by atoms with Crippen LogP contribution >= 0.6 is 21.6 Å². The van der Waals surface area contributed by atoms with E-state index >= 15 is 0 Å². The van der Waals surface area contributed by atoms with Gasteiger partial charge in [0.1, 0.15) is 13.2 Å². The van der Waals surface area contributed by atoms with Gasteiger partial charge < -0.3 is 9.80 Å². The number of hydrogen-bond donors (Lipinski definition) is 1. The molecule has 202 valence electrons. The first-order chi connectivity index (χ1) is 19.0. The van der Waals surface area contributed by atoms with Crippen LogP contribution in [0.4, 0.5) is 11.4 Å². The van der Waals surface area contributed by atoms with E-state index in [9.17, 15) is 0 Å². The van der Waals surface area contributed by atoms with Crippen molar-refractivity contribution in [2.45, 2.75) is 0 Å². The minimum atomic E-state index is 1.03. The number of pyridine rings is 1. The average molecular weight is 557 g/mol. The summed E-state index contributed by atoms with van der Waals surface area (Å²) in [5, 5.41) is 0. The van der Waals surface area contributed by atoms with Crippen molar-refractivity contribution < 1.29 is 9.47 Å². The van der Waals surface area contributed by atoms with Gasteiger partial charge in [0, 0.05) is 73.8 Å². The van der Waals surface area contributed by atoms with E-state index in [2.05, 4.69) is 147 Å². The molecule has 3 aromatic rings. The molecule has 4 nitrogen and oxygen atoms in total. The summed E-state index contributed by atoms with van der Waals surface area (Å²) in [6.07, 6.45) is 19.3. The number of nitrogens with zero attached hydrogens (tertiary/aromatic N) is 3. The molecule has 0 radical (unpaired) electrons. The number of quaternary nitrogens is 1. The highest BCUT2D eigenvalue weighted by atomic mass is 33.1. The van der Waals surface area contributed by atoms with Crippen LogP contribution in [0.2, 0.25) is 0 Å². The Morgan fingerprint density at radius 1 is 0.692 bits per heavy atom. The van der Waals surface area contributed by atoms with Gasteiger partial charge in [0.15, 0.2) is 12.4 Å². The highest BCUT2D eigenvalue weighted by molar-refractivity contribution is 8.76. The maximum atomic E-state index is 2.33. The van der Waals surface area contributed by atoms with Crippen molar-refractivity contribution in [2.75, 3.05) is 55.5 Å². The quantitative estimate of drug-likeness (QED) is 0.168. The number of allylic oxidation sites excluding steroid dienone is 3. The predicted molar refractivity (Wildman–Crippen MR) is 174 cm³/mol. The molecule has 2 heterocycles. The maximum absolute atomic E-state index is 2.33. The molecule has 2 aromatic carbocycles. The lowest BCUT2D eigenvalue weighted by Gasteiger charge is -2.20. The van der Waals surface area contributed by atoms with E-state index < -0.39 is 0 Å². The average Bonchev–Trinajstić information content (AvgIpc) is 3.38. The molecule has 0 amide bonds. The van der Waals surface area contributed by atoms with Gasteiger partial charge in [-0.25, -0.2) is 4.57 Å². The fraction of sp³-hybridized carbons (Fsp3) is 0.242. The molecule has 1 aromatic heterocycles. The first-order valence-corrected chi connectivity index (χ1v) is 15.9. The van der Waals surface area contributed by atoms with Crippen molar-refractivity contribution in [3.05, 3.63) is 120 Å². The lowest BCUT2D eigenvalue weighted by atomic mass is 10.1. The van der Waals surface area contributed by atoms with Crippen molar-refractivity contribution in [1.82, 2.24) is 0 Å². The maximum Gasteiger partial charge on any atom is 0.169 e. The van der Waals surface area contributed by atoms with Crippen LogP contribution in [-0.2, 0) is 7.05 Å². The summed E-state index contributed by atoms with van der Waals surface area (Å²) in [7, 11) is 12.4. The number of nitrogens with one attached hydrogen (secondary N) is 1. The molecule has 0 saturated heterocycles. The Morgan fingerprint density at radius 3 is 1.62 bits per heavy atom. The Bertz CT molecular complexity index is 1290. The standard InChI is InChI=1S/C33H39N4S2/c1-34-20-17-30(18-21-34)6-5-28-9-13-32(14-10-28)36(3)23-25-38-39-26-24-37(4)33-15-11-29(12-16-33)7-8-31-19-22-35(2)27-31/h5-22,27H,23-26H2,1-4H3/q+1/p+1/b8-7+. The van der Waals surface area contributed by atoms with Gasteiger partial charge in [0.25, 0.3) is 0 Å². The Morgan fingerprint density at radius 2 is 1.15 bits per heavy atom. The fourth-order valence-electron chi connectivity index (χ4n) is 4.10. The number of aromatic nitrogens is 1. The highest BCUT2D eigenvalue weighted by Gasteiger charge is 2.05. The van der Waals surface area contributed by atoms with Crippen molar-refractivity contribution in [2.24, 2.45) is 7.05 Å². The Balaban J connectivity index is 1.11. The van der Waals surface area contributed by atoms with E-state index in [1.807, 2.05) is 33.2 Å². The molecule has 1 N–H and O–H groups in total. The topological polar surface area (TPSA) is 14.8 Å². The lowest BCUT2D eigenvalue weighted by Crippen LogP contribution is -2.98. The number of hydrogen-bond acceptors (Lipinski definition) is 4. The van der Waals surface area contributed by atoms with Crippen LogP contribution < -0.4 is 19.3 Å². The third-order valence-electron chi connectivity index (χ3n) is 6.64. The second kappa shape index (κ2) is 14.8. The van der Waals surface area contributed by atoms with E-state index in [1.165, 1.54) is 38.5 Å². The van der Waals surface area contributed by atoms with Gasteiger partial charge in [-0.2, -0.15) is 0 Å². The number of benzene rings is 2. The molecule has 1 atom stereocenters. The molecular formula is C33H40N4S2+2. The van der Waals surface area contributed by atoms with Crippen molar-refractivity contribution in [3.63, 3.8) is 0 Å². The fourth-order valence-corrected chi connectivity index (χ4v) is 6.19. The zero-order valence-corrected chi connectivity index (χ0v) is 25.1. The van der Waals surface area contributed by atoms with Gasteiger partial charge in [-0.05, 0) is 47.0 Å². The molecule has 0 aliphatic carbocycles. The monoisotopic (exact) mass is 556 g/mol. The highest BCUT2D eigenvalue weighted by Crippen LogP contribution is 2.24. The predicted octanol–water partition coefficient (Wildman–Crippen LogP) is 5.57. The molecule has 39 heavy (non-hydrogen) atoms. The second-order valence-electron chi connectivity index (χ2n) is 9.86. The zero-order valence-electron chi connectivity index (χ0n) is 23.5. The first kappa shape index (κ1) is 28.8. The van der Waals surface area contributed by atoms with Crippen LogP contribution in [0.3, 0.4) is 0 Å². The van der Waals surface area contributed by atoms with Crippen molar-refractivity contribution in [1.29, 1.82) is 0 Å². The molecule has 4 rings (SSSR count). The van der Waals surface area contributed by atoms with Crippen LogP contribution in [-0.4, -0.2) is 45.7 Å². The van der Waals surface area contributed by atoms with E-state index in [0.717, 1.165) is 24.6 Å². The Kier molecular flexibility index (Phi) is 11.0. The van der Waals surface area contributed by atoms with Gasteiger partial charge in [0.05, 0.1) is 13.2 Å². The third-order valence-corrected chi connectivity index (χ3v) is 9.01. The second-order valence-corrected chi connectivity index (χ2v) is 12.6. The molecule has 1 aliphatic rings. The van der Waals surface area contributed by atoms with Gasteiger partial charge in [-0.1, -0.05) is 64.1 Å². The molecule has 6 heteroatoms. The normalized spacial score (nSPS) is 14.9. The number of anilines is 2. The lowest BCUT2D eigenvalue weighted by molar-refractivity contribution is -0.763. The molecule has 0 fully saturated rings. The summed E-state index contributed by atoms with van der Waals surface area (Å²) in [5.41, 5.74) is 7.43. The van der Waals surface area contributed by atoms with Crippen molar-refractivity contribution >= 4 is 51.2 Å². The summed E-state index contributed by atoms with van der Waals surface area (Å²) in [6.45, 7) is 2.06. The SMILES string of the molecule is CN(CCSSCCN(C)c1ccc(/C=C/c2cc[n+](C)cc2)cc1)c1ccc(/C=C/C2=C[NH+](C)C=C2)cc1. The number of aryl methyl sites for hydroxylation is 1. The molecule has 1 aliphatic heterocycles. The first-order valence-electron chi connectivity index (χ1n) is 13.4. The van der Waals surface area contributed by atoms with E-state index in [-0.39, 0.29) is 0 Å². The molecule has 0 spiro atoms. The third kappa shape index (κ3) is 9.50. The van der Waals surface area contributed by atoms with Gasteiger partial charge in [-0.3, -0.25) is 4.90 Å². The summed E-state index contributed by atoms with van der Waals surface area (Å²) in [5.74, 6) is 2.20. The van der Waals surface area contributed by atoms with E-state index in [0.29, 0.717) is 0 Å². The van der Waals surface area contributed by atoms with Crippen LogP contribution in [0, 0.1) is 0 Å².